The molecule has 0 saturated carbocycles. The van der Waals surface area contributed by atoms with Gasteiger partial charge in [0.25, 0.3) is 0 Å². The minimum Gasteiger partial charge on any atom is -0.492 e. The van der Waals surface area contributed by atoms with E-state index < -0.39 is 0 Å². The molecule has 2 N–H and O–H groups in total. The Morgan fingerprint density at radius 2 is 2.29 bits per heavy atom. The van der Waals surface area contributed by atoms with E-state index >= 15 is 0 Å². The lowest BCUT2D eigenvalue weighted by molar-refractivity contribution is 0.208. The molecule has 8 nitrogen and oxygen atoms in total. The molecule has 31 heavy (non-hydrogen) atoms. The minimum atomic E-state index is -0.0693. The van der Waals surface area contributed by atoms with Crippen LogP contribution in [0.4, 0.5) is 16.6 Å². The highest BCUT2D eigenvalue weighted by atomic mass is 35.5. The molecule has 0 aliphatic carbocycles. The number of ether oxygens (including phenoxy) is 1. The first kappa shape index (κ1) is 19.9. The van der Waals surface area contributed by atoms with Crippen LogP contribution in [-0.2, 0) is 0 Å². The molecule has 0 bridgehead atoms. The van der Waals surface area contributed by atoms with Crippen LogP contribution in [0.1, 0.15) is 16.9 Å². The van der Waals surface area contributed by atoms with Gasteiger partial charge in [-0.25, -0.2) is 15.0 Å². The van der Waals surface area contributed by atoms with Crippen molar-refractivity contribution >= 4 is 57.4 Å². The van der Waals surface area contributed by atoms with E-state index in [1.807, 2.05) is 18.2 Å². The van der Waals surface area contributed by atoms with Crippen molar-refractivity contribution in [3.05, 3.63) is 46.2 Å². The number of rotatable bonds is 5. The number of anilines is 2. The number of hydrogen-bond donors (Lipinski definition) is 2. The number of fused-ring (bicyclic) bond motifs is 1. The van der Waals surface area contributed by atoms with Crippen LogP contribution in [0.15, 0.2) is 35.7 Å². The predicted octanol–water partition coefficient (Wildman–Crippen LogP) is 4.38. The molecule has 158 valence electrons. The fourth-order valence-corrected chi connectivity index (χ4v) is 4.57. The van der Waals surface area contributed by atoms with Crippen LogP contribution in [0.3, 0.4) is 0 Å². The van der Waals surface area contributed by atoms with Gasteiger partial charge in [0.2, 0.25) is 5.88 Å². The first-order valence-corrected chi connectivity index (χ1v) is 10.9. The van der Waals surface area contributed by atoms with Crippen molar-refractivity contribution in [2.24, 2.45) is 4.99 Å². The molecule has 1 unspecified atom stereocenters. The van der Waals surface area contributed by atoms with Crippen molar-refractivity contribution in [3.63, 3.8) is 0 Å². The van der Waals surface area contributed by atoms with Crippen molar-refractivity contribution in [2.45, 2.75) is 12.5 Å². The summed E-state index contributed by atoms with van der Waals surface area (Å²) in [6.45, 7) is 1.95. The molecule has 5 rings (SSSR count). The zero-order valence-corrected chi connectivity index (χ0v) is 18.2. The molecule has 2 aromatic heterocycles. The molecule has 1 aromatic carbocycles. The van der Waals surface area contributed by atoms with Gasteiger partial charge in [0.15, 0.2) is 10.9 Å². The fourth-order valence-electron chi connectivity index (χ4n) is 3.53. The van der Waals surface area contributed by atoms with E-state index in [1.165, 1.54) is 17.7 Å². The van der Waals surface area contributed by atoms with Crippen molar-refractivity contribution in [2.75, 3.05) is 25.5 Å². The molecule has 0 spiro atoms. The van der Waals surface area contributed by atoms with Gasteiger partial charge in [0, 0.05) is 42.7 Å². The number of likely N-dealkylation sites (N-methyl/N-ethyl adjacent to an activating group) is 1. The largest absolute Gasteiger partial charge is 0.492 e. The number of allylic oxidation sites excluding steroid dienone is 1. The van der Waals surface area contributed by atoms with E-state index in [1.54, 1.807) is 18.5 Å². The number of aromatic nitrogens is 3. The average molecular weight is 455 g/mol. The van der Waals surface area contributed by atoms with Gasteiger partial charge in [-0.05, 0) is 31.7 Å². The molecular weight excluding hydrogens is 436 g/mol. The number of hydrogen-bond acceptors (Lipinski definition) is 9. The molecule has 3 aromatic rings. The molecule has 2 aliphatic heterocycles. The van der Waals surface area contributed by atoms with Crippen molar-refractivity contribution in [3.8, 4) is 11.6 Å². The van der Waals surface area contributed by atoms with E-state index in [-0.39, 0.29) is 12.0 Å². The molecule has 2 aliphatic rings. The normalized spacial score (nSPS) is 19.2. The Labute approximate surface area is 187 Å². The van der Waals surface area contributed by atoms with Crippen LogP contribution in [0.5, 0.6) is 11.6 Å². The molecule has 0 radical (unpaired) electrons. The Morgan fingerprint density at radius 1 is 1.39 bits per heavy atom. The average Bonchev–Trinajstić information content (AvgIpc) is 3.44. The number of aliphatic imine (C=N–C) groups is 1. The van der Waals surface area contributed by atoms with Crippen molar-refractivity contribution < 1.29 is 9.84 Å². The summed E-state index contributed by atoms with van der Waals surface area (Å²) in [5.74, 6) is 1.28. The maximum absolute atomic E-state index is 10.3. The standard InChI is InChI=1S/C21H19ClN6O2S/c1-28-5-4-14(10-28)30-13-2-3-17(16(22)7-13)26-21-27-20(29)18(31-21)6-12-8-24-19-15(12)9-23-11-25-19/h2-3,6-9,11,14,29H,4-5,10H2,1H3,(H,26,27). The smallest absolute Gasteiger partial charge is 0.231 e. The highest BCUT2D eigenvalue weighted by Gasteiger charge is 2.21. The maximum Gasteiger partial charge on any atom is 0.231 e. The molecular formula is C21H19ClN6O2S. The fraction of sp³-hybridized carbons (Fsp3) is 0.238. The van der Waals surface area contributed by atoms with E-state index in [0.29, 0.717) is 26.5 Å². The number of nitrogens with one attached hydrogen (secondary N) is 1. The van der Waals surface area contributed by atoms with Gasteiger partial charge >= 0.3 is 0 Å². The van der Waals surface area contributed by atoms with E-state index in [9.17, 15) is 5.11 Å². The summed E-state index contributed by atoms with van der Waals surface area (Å²) in [4.78, 5) is 19.5. The molecule has 0 amide bonds. The highest BCUT2D eigenvalue weighted by Crippen LogP contribution is 2.37. The summed E-state index contributed by atoms with van der Waals surface area (Å²) in [6.07, 6.45) is 7.85. The summed E-state index contributed by atoms with van der Waals surface area (Å²) in [5, 5.41) is 14.5. The van der Waals surface area contributed by atoms with Gasteiger partial charge in [0.05, 0.1) is 15.6 Å². The van der Waals surface area contributed by atoms with Crippen LogP contribution in [-0.4, -0.2) is 57.4 Å². The van der Waals surface area contributed by atoms with Gasteiger partial charge in [-0.15, -0.1) is 0 Å². The molecule has 1 atom stereocenters. The number of halogens is 1. The number of likely N-dealkylation sites (tertiary alicyclic amines) is 1. The summed E-state index contributed by atoms with van der Waals surface area (Å²) in [5.41, 5.74) is 2.32. The minimum absolute atomic E-state index is 0.0693. The van der Waals surface area contributed by atoms with Crippen molar-refractivity contribution in [1.29, 1.82) is 0 Å². The Kier molecular flexibility index (Phi) is 5.31. The zero-order chi connectivity index (χ0) is 21.4. The maximum atomic E-state index is 10.3. The third kappa shape index (κ3) is 4.25. The zero-order valence-electron chi connectivity index (χ0n) is 16.6. The monoisotopic (exact) mass is 454 g/mol. The van der Waals surface area contributed by atoms with Crippen LogP contribution in [0, 0.1) is 0 Å². The topological polar surface area (TPSA) is 95.8 Å². The van der Waals surface area contributed by atoms with Crippen LogP contribution in [0.25, 0.3) is 11.6 Å². The Hall–Kier alpha value is -3.01. The third-order valence-corrected chi connectivity index (χ3v) is 6.30. The van der Waals surface area contributed by atoms with Crippen LogP contribution in [0.2, 0.25) is 5.02 Å². The number of aromatic hydroxyl groups is 1. The van der Waals surface area contributed by atoms with Gasteiger partial charge in [-0.1, -0.05) is 22.9 Å². The molecule has 1 fully saturated rings. The van der Waals surface area contributed by atoms with Crippen LogP contribution >= 0.6 is 22.9 Å². The van der Waals surface area contributed by atoms with E-state index in [2.05, 4.69) is 37.2 Å². The van der Waals surface area contributed by atoms with Gasteiger partial charge in [-0.3, -0.25) is 0 Å². The molecule has 1 saturated heterocycles. The summed E-state index contributed by atoms with van der Waals surface area (Å²) in [7, 11) is 2.09. The quantitative estimate of drug-likeness (QED) is 0.590. The number of thiazole rings is 1. The van der Waals surface area contributed by atoms with Gasteiger partial charge in [0.1, 0.15) is 18.2 Å². The van der Waals surface area contributed by atoms with E-state index in [0.717, 1.165) is 36.4 Å². The van der Waals surface area contributed by atoms with Crippen LogP contribution < -0.4 is 10.1 Å². The summed E-state index contributed by atoms with van der Waals surface area (Å²) < 4.78 is 6.02. The third-order valence-electron chi connectivity index (χ3n) is 5.08. The summed E-state index contributed by atoms with van der Waals surface area (Å²) >= 11 is 7.76. The second-order valence-electron chi connectivity index (χ2n) is 7.38. The summed E-state index contributed by atoms with van der Waals surface area (Å²) in [6, 6.07) is 5.53. The first-order chi connectivity index (χ1) is 15.0. The lowest BCUT2D eigenvalue weighted by atomic mass is 10.1. The SMILES string of the molecule is CN1CCC(Oc2ccc(Nc3nc(O)c(C=C4C=Nc5ncncc54)s3)c(Cl)c2)C1. The lowest BCUT2D eigenvalue weighted by Crippen LogP contribution is -2.21. The van der Waals surface area contributed by atoms with Gasteiger partial charge < -0.3 is 20.1 Å². The Morgan fingerprint density at radius 3 is 3.10 bits per heavy atom. The van der Waals surface area contributed by atoms with Crippen molar-refractivity contribution in [1.82, 2.24) is 19.9 Å². The molecule has 10 heteroatoms. The number of benzene rings is 1. The second kappa shape index (κ2) is 8.26. The molecule has 4 heterocycles. The van der Waals surface area contributed by atoms with E-state index in [4.69, 9.17) is 16.3 Å². The Bertz CT molecular complexity index is 1190. The lowest BCUT2D eigenvalue weighted by Gasteiger charge is -2.15. The Balaban J connectivity index is 1.31. The number of nitrogens with zero attached hydrogens (tertiary/aromatic N) is 5. The highest BCUT2D eigenvalue weighted by molar-refractivity contribution is 7.16. The van der Waals surface area contributed by atoms with Gasteiger partial charge in [-0.2, -0.15) is 4.98 Å². The predicted molar refractivity (Wildman–Crippen MR) is 123 cm³/mol. The second-order valence-corrected chi connectivity index (χ2v) is 8.82. The first-order valence-electron chi connectivity index (χ1n) is 9.73.